The molecule has 2 aliphatic heterocycles. The minimum Gasteiger partial charge on any atom is -0.326 e. The van der Waals surface area contributed by atoms with Gasteiger partial charge in [-0.1, -0.05) is 54.6 Å². The first kappa shape index (κ1) is 34.3. The number of nitrogens with zero attached hydrogens (tertiary/aromatic N) is 3. The van der Waals surface area contributed by atoms with E-state index in [9.17, 15) is 24.0 Å². The highest BCUT2D eigenvalue weighted by atomic mass is 32.1. The minimum absolute atomic E-state index is 0.105. The van der Waals surface area contributed by atoms with Crippen LogP contribution in [-0.4, -0.2) is 64.5 Å². The summed E-state index contributed by atoms with van der Waals surface area (Å²) in [5.41, 5.74) is 2.85. The maximum atomic E-state index is 14.1. The van der Waals surface area contributed by atoms with E-state index in [1.807, 2.05) is 71.4 Å². The van der Waals surface area contributed by atoms with Crippen LogP contribution < -0.4 is 10.2 Å². The third-order valence-corrected chi connectivity index (χ3v) is 11.6. The van der Waals surface area contributed by atoms with E-state index < -0.39 is 23.9 Å². The molecule has 0 radical (unpaired) electrons. The summed E-state index contributed by atoms with van der Waals surface area (Å²) in [5, 5.41) is 8.45. The van der Waals surface area contributed by atoms with Gasteiger partial charge in [-0.25, -0.2) is 4.90 Å². The number of nitrogens with one attached hydrogen (secondary N) is 1. The van der Waals surface area contributed by atoms with Crippen molar-refractivity contribution in [1.29, 1.82) is 0 Å². The second kappa shape index (κ2) is 15.4. The van der Waals surface area contributed by atoms with Crippen LogP contribution in [-0.2, 0) is 9.59 Å². The zero-order valence-electron chi connectivity index (χ0n) is 27.5. The van der Waals surface area contributed by atoms with E-state index >= 15 is 0 Å². The van der Waals surface area contributed by atoms with Crippen molar-refractivity contribution in [3.05, 3.63) is 127 Å². The van der Waals surface area contributed by atoms with Gasteiger partial charge in [0.05, 0.1) is 20.3 Å². The number of likely N-dealkylation sites (tertiary alicyclic amines) is 2. The molecule has 5 aromatic rings. The van der Waals surface area contributed by atoms with Crippen LogP contribution in [0, 0.1) is 0 Å². The van der Waals surface area contributed by atoms with E-state index in [2.05, 4.69) is 5.32 Å². The largest absolute Gasteiger partial charge is 0.326 e. The summed E-state index contributed by atoms with van der Waals surface area (Å²) in [4.78, 5) is 73.2. The van der Waals surface area contributed by atoms with Crippen LogP contribution >= 0.6 is 34.0 Å². The lowest BCUT2D eigenvalue weighted by Gasteiger charge is -2.29. The van der Waals surface area contributed by atoms with Crippen molar-refractivity contribution in [2.24, 2.45) is 0 Å². The molecule has 258 valence electrons. The van der Waals surface area contributed by atoms with Crippen molar-refractivity contribution in [2.45, 2.75) is 37.8 Å². The number of thiophene rings is 3. The van der Waals surface area contributed by atoms with Crippen LogP contribution in [0.25, 0.3) is 12.2 Å². The van der Waals surface area contributed by atoms with Crippen LogP contribution in [0.1, 0.15) is 65.8 Å². The molecule has 0 unspecified atom stereocenters. The number of carbonyl (C=O) groups excluding carboxylic acids is 5. The molecular formula is C39H34N4O5S3. The van der Waals surface area contributed by atoms with E-state index in [1.165, 1.54) is 38.9 Å². The first-order valence-electron chi connectivity index (χ1n) is 16.7. The van der Waals surface area contributed by atoms with E-state index in [-0.39, 0.29) is 17.7 Å². The zero-order valence-corrected chi connectivity index (χ0v) is 29.9. The van der Waals surface area contributed by atoms with Crippen LogP contribution in [0.3, 0.4) is 0 Å². The standard InChI is InChI=1S/C39H34N4O5S3/c44-35(30-6-1-21-41(30)37(46)32-8-3-23-49-32)40-28-17-13-26(14-18-28)11-12-27-15-19-29(20-16-27)43(39(48)34-10-5-25-51-34)36(45)31-7-2-22-42(31)38(47)33-9-4-24-50-33/h3-5,8-20,23-25,30-31H,1-2,6-7,21-22H2,(H,40,44)/b12-11+/t30-,31-/m0/s1. The van der Waals surface area contributed by atoms with Gasteiger partial charge in [0, 0.05) is 18.8 Å². The predicted octanol–water partition coefficient (Wildman–Crippen LogP) is 7.76. The number of anilines is 2. The van der Waals surface area contributed by atoms with Gasteiger partial charge in [0.15, 0.2) is 0 Å². The third kappa shape index (κ3) is 7.48. The van der Waals surface area contributed by atoms with Gasteiger partial charge >= 0.3 is 0 Å². The molecule has 0 aliphatic carbocycles. The average molecular weight is 735 g/mol. The lowest BCUT2D eigenvalue weighted by Crippen LogP contribution is -2.50. The molecule has 2 fully saturated rings. The molecule has 2 atom stereocenters. The lowest BCUT2D eigenvalue weighted by molar-refractivity contribution is -0.121. The van der Waals surface area contributed by atoms with Gasteiger partial charge in [0.25, 0.3) is 23.6 Å². The second-order valence-electron chi connectivity index (χ2n) is 12.3. The Bertz CT molecular complexity index is 2040. The molecule has 51 heavy (non-hydrogen) atoms. The second-order valence-corrected chi connectivity index (χ2v) is 15.1. The van der Waals surface area contributed by atoms with Gasteiger partial charge < -0.3 is 15.1 Å². The number of benzene rings is 2. The van der Waals surface area contributed by atoms with Gasteiger partial charge in [-0.2, -0.15) is 0 Å². The Morgan fingerprint density at radius 2 is 1.12 bits per heavy atom. The first-order chi connectivity index (χ1) is 24.9. The molecule has 12 heteroatoms. The van der Waals surface area contributed by atoms with Gasteiger partial charge in [-0.15, -0.1) is 34.0 Å². The fourth-order valence-corrected chi connectivity index (χ4v) is 8.48. The van der Waals surface area contributed by atoms with Crippen LogP contribution in [0.15, 0.2) is 101 Å². The van der Waals surface area contributed by atoms with Gasteiger partial charge in [-0.3, -0.25) is 24.0 Å². The maximum absolute atomic E-state index is 14.1. The summed E-state index contributed by atoms with van der Waals surface area (Å²) < 4.78 is 0. The number of hydrogen-bond acceptors (Lipinski definition) is 8. The molecule has 2 aliphatic rings. The highest BCUT2D eigenvalue weighted by Crippen LogP contribution is 2.29. The Balaban J connectivity index is 1.02. The fourth-order valence-electron chi connectivity index (χ4n) is 6.47. The maximum Gasteiger partial charge on any atom is 0.275 e. The minimum atomic E-state index is -0.735. The van der Waals surface area contributed by atoms with Crippen molar-refractivity contribution < 1.29 is 24.0 Å². The normalized spacial score (nSPS) is 17.2. The number of imide groups is 1. The highest BCUT2D eigenvalue weighted by molar-refractivity contribution is 7.12. The molecule has 3 aromatic heterocycles. The lowest BCUT2D eigenvalue weighted by atomic mass is 10.1. The summed E-state index contributed by atoms with van der Waals surface area (Å²) in [6, 6.07) is 24.1. The first-order valence-corrected chi connectivity index (χ1v) is 19.3. The Morgan fingerprint density at radius 3 is 1.65 bits per heavy atom. The van der Waals surface area contributed by atoms with Gasteiger partial charge in [0.1, 0.15) is 12.1 Å². The van der Waals surface area contributed by atoms with E-state index in [0.717, 1.165) is 17.5 Å². The molecule has 1 N–H and O–H groups in total. The number of carbonyl (C=O) groups is 5. The van der Waals surface area contributed by atoms with E-state index in [0.29, 0.717) is 58.4 Å². The quantitative estimate of drug-likeness (QED) is 0.123. The third-order valence-electron chi connectivity index (χ3n) is 9.03. The molecule has 0 spiro atoms. The van der Waals surface area contributed by atoms with E-state index in [4.69, 9.17) is 0 Å². The number of rotatable bonds is 9. The molecule has 0 bridgehead atoms. The molecule has 0 saturated carbocycles. The Hall–Kier alpha value is -5.17. The van der Waals surface area contributed by atoms with Crippen molar-refractivity contribution in [3.63, 3.8) is 0 Å². The van der Waals surface area contributed by atoms with Crippen LogP contribution in [0.4, 0.5) is 11.4 Å². The smallest absolute Gasteiger partial charge is 0.275 e. The number of hydrogen-bond donors (Lipinski definition) is 1. The highest BCUT2D eigenvalue weighted by Gasteiger charge is 2.40. The van der Waals surface area contributed by atoms with Gasteiger partial charge in [0.2, 0.25) is 5.91 Å². The summed E-state index contributed by atoms with van der Waals surface area (Å²) in [6.07, 6.45) is 6.45. The van der Waals surface area contributed by atoms with E-state index in [1.54, 1.807) is 51.6 Å². The molecule has 5 amide bonds. The molecule has 5 heterocycles. The monoisotopic (exact) mass is 734 g/mol. The molecule has 7 rings (SSSR count). The SMILES string of the molecule is O=C(Nc1ccc(/C=C/c2ccc(N(C(=O)c3cccs3)C(=O)[C@@H]3CCCN3C(=O)c3cccs3)cc2)cc1)[C@@H]1CCCN1C(=O)c1cccs1. The zero-order chi connectivity index (χ0) is 35.3. The van der Waals surface area contributed by atoms with Crippen molar-refractivity contribution >= 4 is 87.1 Å². The van der Waals surface area contributed by atoms with Crippen molar-refractivity contribution in [1.82, 2.24) is 9.80 Å². The van der Waals surface area contributed by atoms with Crippen molar-refractivity contribution in [3.8, 4) is 0 Å². The molecule has 9 nitrogen and oxygen atoms in total. The Morgan fingerprint density at radius 1 is 0.627 bits per heavy atom. The molecular weight excluding hydrogens is 701 g/mol. The van der Waals surface area contributed by atoms with Crippen LogP contribution in [0.2, 0.25) is 0 Å². The fraction of sp³-hybridized carbons (Fsp3) is 0.205. The summed E-state index contributed by atoms with van der Waals surface area (Å²) in [7, 11) is 0. The summed E-state index contributed by atoms with van der Waals surface area (Å²) >= 11 is 3.98. The Kier molecular flexibility index (Phi) is 10.3. The number of amides is 5. The molecule has 2 aromatic carbocycles. The van der Waals surface area contributed by atoms with Crippen molar-refractivity contribution in [2.75, 3.05) is 23.3 Å². The topological polar surface area (TPSA) is 107 Å². The Labute approximate surface area is 307 Å². The summed E-state index contributed by atoms with van der Waals surface area (Å²) in [5.74, 6) is -1.33. The predicted molar refractivity (Wildman–Crippen MR) is 203 cm³/mol. The average Bonchev–Trinajstić information content (AvgIpc) is 4.00. The summed E-state index contributed by atoms with van der Waals surface area (Å²) in [6.45, 7) is 1.02. The van der Waals surface area contributed by atoms with Crippen LogP contribution in [0.5, 0.6) is 0 Å². The van der Waals surface area contributed by atoms with Gasteiger partial charge in [-0.05, 0) is 95.4 Å². The molecule has 2 saturated heterocycles.